The molecule has 0 aromatic heterocycles. The Kier molecular flexibility index (Phi) is 4.01. The molecule has 0 amide bonds. The van der Waals surface area contributed by atoms with Crippen molar-refractivity contribution in [2.24, 2.45) is 0 Å². The van der Waals surface area contributed by atoms with Crippen molar-refractivity contribution in [3.63, 3.8) is 0 Å². The molecule has 1 heteroatoms. The van der Waals surface area contributed by atoms with Gasteiger partial charge in [-0.2, -0.15) is 0 Å². The zero-order chi connectivity index (χ0) is 14.8. The Labute approximate surface area is 128 Å². The van der Waals surface area contributed by atoms with E-state index in [1.165, 1.54) is 46.2 Å². The lowest BCUT2D eigenvalue weighted by molar-refractivity contribution is 0.413. The Morgan fingerprint density at radius 2 is 1.29 bits per heavy atom. The van der Waals surface area contributed by atoms with E-state index < -0.39 is 0 Å². The molecule has 3 rings (SSSR count). The molecule has 2 aromatic carbocycles. The molecule has 0 radical (unpaired) electrons. The zero-order valence-electron chi connectivity index (χ0n) is 13.3. The van der Waals surface area contributed by atoms with Crippen LogP contribution in [0.3, 0.4) is 0 Å². The lowest BCUT2D eigenvalue weighted by Gasteiger charge is -2.14. The van der Waals surface area contributed by atoms with Crippen molar-refractivity contribution in [3.8, 4) is 5.75 Å². The molecule has 0 saturated heterocycles. The van der Waals surface area contributed by atoms with Crippen LogP contribution in [0.4, 0.5) is 0 Å². The first-order chi connectivity index (χ1) is 10.2. The van der Waals surface area contributed by atoms with Crippen LogP contribution in [-0.4, -0.2) is 7.11 Å². The van der Waals surface area contributed by atoms with Gasteiger partial charge in [-0.05, 0) is 91.5 Å². The predicted molar refractivity (Wildman–Crippen MR) is 88.3 cm³/mol. The lowest BCUT2D eigenvalue weighted by atomic mass is 9.94. The maximum absolute atomic E-state index is 5.50. The van der Waals surface area contributed by atoms with Crippen molar-refractivity contribution >= 4 is 0 Å². The molecule has 0 aliphatic heterocycles. The number of fused-ring (bicyclic) bond motifs is 4. The van der Waals surface area contributed by atoms with Crippen LogP contribution in [0.2, 0.25) is 0 Å². The summed E-state index contributed by atoms with van der Waals surface area (Å²) < 4.78 is 5.50. The van der Waals surface area contributed by atoms with Crippen molar-refractivity contribution in [1.82, 2.24) is 0 Å². The number of ether oxygens (including phenoxy) is 1. The van der Waals surface area contributed by atoms with Crippen molar-refractivity contribution in [3.05, 3.63) is 63.7 Å². The highest BCUT2D eigenvalue weighted by Crippen LogP contribution is 2.27. The average Bonchev–Trinajstić information content (AvgIpc) is 2.50. The van der Waals surface area contributed by atoms with E-state index in [1.807, 2.05) is 0 Å². The van der Waals surface area contributed by atoms with Gasteiger partial charge in [-0.15, -0.1) is 0 Å². The van der Waals surface area contributed by atoms with E-state index in [4.69, 9.17) is 4.74 Å². The van der Waals surface area contributed by atoms with Crippen LogP contribution in [0.1, 0.15) is 39.8 Å². The van der Waals surface area contributed by atoms with Gasteiger partial charge in [-0.25, -0.2) is 0 Å². The fourth-order valence-corrected chi connectivity index (χ4v) is 3.46. The van der Waals surface area contributed by atoms with Gasteiger partial charge in [-0.1, -0.05) is 18.2 Å². The quantitative estimate of drug-likeness (QED) is 0.742. The summed E-state index contributed by atoms with van der Waals surface area (Å²) in [6.07, 6.45) is 5.73. The Hall–Kier alpha value is -1.76. The third-order valence-electron chi connectivity index (χ3n) is 4.95. The Morgan fingerprint density at radius 3 is 2.00 bits per heavy atom. The second kappa shape index (κ2) is 5.93. The second-order valence-electron chi connectivity index (χ2n) is 6.13. The molecule has 1 nitrogen and oxygen atoms in total. The normalized spacial score (nSPS) is 14.4. The lowest BCUT2D eigenvalue weighted by Crippen LogP contribution is -2.00. The first-order valence-corrected chi connectivity index (χ1v) is 7.93. The van der Waals surface area contributed by atoms with Crippen LogP contribution >= 0.6 is 0 Å². The summed E-state index contributed by atoms with van der Waals surface area (Å²) in [7, 11) is 1.77. The number of hydrogen-bond acceptors (Lipinski definition) is 1. The molecule has 21 heavy (non-hydrogen) atoms. The predicted octanol–water partition coefficient (Wildman–Crippen LogP) is 4.59. The number of aryl methyl sites for hydroxylation is 4. The van der Waals surface area contributed by atoms with Crippen LogP contribution in [0, 0.1) is 13.8 Å². The minimum Gasteiger partial charge on any atom is -0.497 e. The summed E-state index contributed by atoms with van der Waals surface area (Å²) in [4.78, 5) is 0. The van der Waals surface area contributed by atoms with Crippen LogP contribution < -0.4 is 4.74 Å². The van der Waals surface area contributed by atoms with E-state index in [0.717, 1.165) is 25.0 Å². The summed E-state index contributed by atoms with van der Waals surface area (Å²) >= 11 is 0. The number of methoxy groups -OCH3 is 1. The average molecular weight is 280 g/mol. The van der Waals surface area contributed by atoms with Crippen LogP contribution in [0.15, 0.2) is 30.3 Å². The summed E-state index contributed by atoms with van der Waals surface area (Å²) in [6.45, 7) is 4.55. The molecule has 0 N–H and O–H groups in total. The molecule has 0 unspecified atom stereocenters. The second-order valence-corrected chi connectivity index (χ2v) is 6.13. The van der Waals surface area contributed by atoms with Gasteiger partial charge in [-0.3, -0.25) is 0 Å². The minimum absolute atomic E-state index is 1.01. The third-order valence-corrected chi connectivity index (χ3v) is 4.95. The molecule has 0 fully saturated rings. The summed E-state index contributed by atoms with van der Waals surface area (Å²) in [5.74, 6) is 1.01. The van der Waals surface area contributed by atoms with Crippen molar-refractivity contribution in [2.75, 3.05) is 7.11 Å². The van der Waals surface area contributed by atoms with Gasteiger partial charge in [0.15, 0.2) is 0 Å². The van der Waals surface area contributed by atoms with Crippen LogP contribution in [0.5, 0.6) is 5.75 Å². The van der Waals surface area contributed by atoms with E-state index in [1.54, 1.807) is 7.11 Å². The number of rotatable bonds is 1. The van der Waals surface area contributed by atoms with Crippen molar-refractivity contribution in [1.29, 1.82) is 0 Å². The molecule has 2 aromatic rings. The highest BCUT2D eigenvalue weighted by molar-refractivity contribution is 5.43. The molecule has 4 bridgehead atoms. The smallest absolute Gasteiger partial charge is 0.119 e. The highest BCUT2D eigenvalue weighted by Gasteiger charge is 2.12. The van der Waals surface area contributed by atoms with Gasteiger partial charge < -0.3 is 4.74 Å². The molecule has 0 heterocycles. The van der Waals surface area contributed by atoms with E-state index in [9.17, 15) is 0 Å². The Balaban J connectivity index is 2.03. The van der Waals surface area contributed by atoms with Crippen molar-refractivity contribution in [2.45, 2.75) is 46.0 Å². The molecule has 0 spiro atoms. The molecular formula is C20H24O. The van der Waals surface area contributed by atoms with E-state index in [0.29, 0.717) is 0 Å². The summed E-state index contributed by atoms with van der Waals surface area (Å²) in [5, 5.41) is 0. The highest BCUT2D eigenvalue weighted by atomic mass is 16.5. The molecule has 1 aliphatic carbocycles. The summed E-state index contributed by atoms with van der Waals surface area (Å²) in [6, 6.07) is 11.2. The van der Waals surface area contributed by atoms with Gasteiger partial charge >= 0.3 is 0 Å². The molecule has 1 aliphatic rings. The van der Waals surface area contributed by atoms with E-state index in [2.05, 4.69) is 44.2 Å². The Bertz CT molecular complexity index is 655. The molecule has 110 valence electrons. The van der Waals surface area contributed by atoms with Crippen molar-refractivity contribution < 1.29 is 4.74 Å². The molecule has 0 atom stereocenters. The monoisotopic (exact) mass is 280 g/mol. The van der Waals surface area contributed by atoms with Crippen LogP contribution in [-0.2, 0) is 25.7 Å². The summed E-state index contributed by atoms with van der Waals surface area (Å²) in [5.41, 5.74) is 8.87. The third kappa shape index (κ3) is 2.83. The molecule has 0 saturated carbocycles. The standard InChI is InChI=1S/C20H24O/c1-14-16-6-4-8-17(14)10-11-19-13-20(21-3)12-18(15(19)2)9-5-7-16/h4,6,8,12-13H,5,7,9-11H2,1-3H3. The first-order valence-electron chi connectivity index (χ1n) is 7.93. The van der Waals surface area contributed by atoms with Gasteiger partial charge in [0.1, 0.15) is 5.75 Å². The minimum atomic E-state index is 1.01. The topological polar surface area (TPSA) is 9.23 Å². The number of hydrogen-bond donors (Lipinski definition) is 0. The maximum atomic E-state index is 5.50. The maximum Gasteiger partial charge on any atom is 0.119 e. The van der Waals surface area contributed by atoms with Gasteiger partial charge in [0, 0.05) is 0 Å². The zero-order valence-corrected chi connectivity index (χ0v) is 13.3. The van der Waals surface area contributed by atoms with Gasteiger partial charge in [0.05, 0.1) is 7.11 Å². The Morgan fingerprint density at radius 1 is 0.762 bits per heavy atom. The fourth-order valence-electron chi connectivity index (χ4n) is 3.46. The van der Waals surface area contributed by atoms with Crippen LogP contribution in [0.25, 0.3) is 0 Å². The largest absolute Gasteiger partial charge is 0.497 e. The SMILES string of the molecule is COc1cc2c(C)c(c1)CCc1cccc(c1C)CCC2. The fraction of sp³-hybridized carbons (Fsp3) is 0.400. The van der Waals surface area contributed by atoms with E-state index in [-0.39, 0.29) is 0 Å². The molecular weight excluding hydrogens is 256 g/mol. The van der Waals surface area contributed by atoms with E-state index >= 15 is 0 Å². The first kappa shape index (κ1) is 14.2. The van der Waals surface area contributed by atoms with Gasteiger partial charge in [0.25, 0.3) is 0 Å². The number of benzene rings is 2. The van der Waals surface area contributed by atoms with Gasteiger partial charge in [0.2, 0.25) is 0 Å².